The van der Waals surface area contributed by atoms with E-state index in [0.717, 1.165) is 50.9 Å². The predicted octanol–water partition coefficient (Wildman–Crippen LogP) is 3.41. The van der Waals surface area contributed by atoms with Crippen LogP contribution in [0.25, 0.3) is 0 Å². The Hall–Kier alpha value is -3.01. The van der Waals surface area contributed by atoms with Crippen LogP contribution < -0.4 is 5.32 Å². The summed E-state index contributed by atoms with van der Waals surface area (Å²) in [5.41, 5.74) is 1.23. The number of likely N-dealkylation sites (tertiary alicyclic amines) is 2. The van der Waals surface area contributed by atoms with Gasteiger partial charge in [0.05, 0.1) is 0 Å². The van der Waals surface area contributed by atoms with Crippen molar-refractivity contribution in [3.8, 4) is 0 Å². The Morgan fingerprint density at radius 3 is 2.36 bits per heavy atom. The SMILES string of the molecule is CC(C)(C)OC(=O)N1CCC(CN2CCC(c3cc4c(cc3F)C(=O)N(C3CCC(=O)NC3=O)C4)CC2)CC1. The zero-order valence-corrected chi connectivity index (χ0v) is 23.1. The van der Waals surface area contributed by atoms with Gasteiger partial charge in [-0.05, 0) is 95.0 Å². The second kappa shape index (κ2) is 10.9. The monoisotopic (exact) mass is 542 g/mol. The van der Waals surface area contributed by atoms with Crippen LogP contribution in [0.2, 0.25) is 0 Å². The van der Waals surface area contributed by atoms with Crippen LogP contribution in [-0.2, 0) is 20.9 Å². The molecule has 1 aromatic rings. The number of hydrogen-bond acceptors (Lipinski definition) is 6. The molecule has 4 amide bonds. The number of carbonyl (C=O) groups excluding carboxylic acids is 4. The summed E-state index contributed by atoms with van der Waals surface area (Å²) in [6.45, 7) is 10.1. The van der Waals surface area contributed by atoms with E-state index in [0.29, 0.717) is 30.1 Å². The Balaban J connectivity index is 1.13. The highest BCUT2D eigenvalue weighted by molar-refractivity contribution is 6.05. The molecule has 0 spiro atoms. The van der Waals surface area contributed by atoms with E-state index in [2.05, 4.69) is 10.2 Å². The standard InChI is InChI=1S/C29H39FN4O5/c1-29(2,3)39-28(38)33-12-6-18(7-13-33)16-32-10-8-19(9-11-32)21-14-20-17-34(27(37)22(20)15-23(21)30)24-4-5-25(35)31-26(24)36/h14-15,18-19,24H,4-13,16-17H2,1-3H3,(H,31,35,36). The third kappa shape index (κ3) is 6.10. The summed E-state index contributed by atoms with van der Waals surface area (Å²) in [7, 11) is 0. The number of halogens is 1. The fraction of sp³-hybridized carbons (Fsp3) is 0.655. The molecule has 1 aromatic carbocycles. The number of benzene rings is 1. The molecule has 0 saturated carbocycles. The topological polar surface area (TPSA) is 99.3 Å². The third-order valence-electron chi connectivity index (χ3n) is 8.45. The van der Waals surface area contributed by atoms with Crippen LogP contribution in [0, 0.1) is 11.7 Å². The number of piperidine rings is 3. The van der Waals surface area contributed by atoms with Crippen molar-refractivity contribution in [2.24, 2.45) is 5.92 Å². The Labute approximate surface area is 229 Å². The van der Waals surface area contributed by atoms with E-state index in [-0.39, 0.29) is 49.0 Å². The van der Waals surface area contributed by atoms with E-state index in [1.165, 1.54) is 11.0 Å². The van der Waals surface area contributed by atoms with Gasteiger partial charge in [-0.15, -0.1) is 0 Å². The van der Waals surface area contributed by atoms with Crippen LogP contribution >= 0.6 is 0 Å². The number of fused-ring (bicyclic) bond motifs is 1. The van der Waals surface area contributed by atoms with Crippen molar-refractivity contribution in [3.05, 3.63) is 34.6 Å². The molecular formula is C29H39FN4O5. The van der Waals surface area contributed by atoms with Crippen LogP contribution in [0.4, 0.5) is 9.18 Å². The minimum absolute atomic E-state index is 0.0836. The number of carbonyl (C=O) groups is 4. The Morgan fingerprint density at radius 2 is 1.72 bits per heavy atom. The molecule has 0 radical (unpaired) electrons. The Morgan fingerprint density at radius 1 is 1.03 bits per heavy atom. The molecule has 1 N–H and O–H groups in total. The third-order valence-corrected chi connectivity index (χ3v) is 8.45. The number of nitrogens with one attached hydrogen (secondary N) is 1. The van der Waals surface area contributed by atoms with Crippen LogP contribution in [-0.4, -0.2) is 82.9 Å². The van der Waals surface area contributed by atoms with Crippen LogP contribution in [0.5, 0.6) is 0 Å². The zero-order chi connectivity index (χ0) is 27.9. The number of ether oxygens (including phenoxy) is 1. The van der Waals surface area contributed by atoms with Crippen molar-refractivity contribution in [1.82, 2.24) is 20.0 Å². The normalized spacial score (nSPS) is 23.7. The molecule has 10 heteroatoms. The lowest BCUT2D eigenvalue weighted by atomic mass is 9.86. The highest BCUT2D eigenvalue weighted by Crippen LogP contribution is 2.36. The van der Waals surface area contributed by atoms with Gasteiger partial charge < -0.3 is 19.4 Å². The number of amides is 4. The van der Waals surface area contributed by atoms with Gasteiger partial charge in [0, 0.05) is 38.2 Å². The van der Waals surface area contributed by atoms with Crippen molar-refractivity contribution in [1.29, 1.82) is 0 Å². The highest BCUT2D eigenvalue weighted by Gasteiger charge is 2.40. The molecule has 212 valence electrons. The minimum atomic E-state index is -0.701. The molecule has 0 aliphatic carbocycles. The molecule has 9 nitrogen and oxygen atoms in total. The largest absolute Gasteiger partial charge is 0.444 e. The van der Waals surface area contributed by atoms with Crippen LogP contribution in [0.3, 0.4) is 0 Å². The van der Waals surface area contributed by atoms with Crippen molar-refractivity contribution >= 4 is 23.8 Å². The Kier molecular flexibility index (Phi) is 7.68. The average molecular weight is 543 g/mol. The van der Waals surface area contributed by atoms with E-state index < -0.39 is 17.6 Å². The summed E-state index contributed by atoms with van der Waals surface area (Å²) >= 11 is 0. The van der Waals surface area contributed by atoms with Gasteiger partial charge in [0.15, 0.2) is 0 Å². The molecule has 4 heterocycles. The summed E-state index contributed by atoms with van der Waals surface area (Å²) < 4.78 is 20.7. The molecule has 0 aromatic heterocycles. The van der Waals surface area contributed by atoms with Crippen molar-refractivity contribution < 1.29 is 28.3 Å². The van der Waals surface area contributed by atoms with Gasteiger partial charge in [-0.2, -0.15) is 0 Å². The lowest BCUT2D eigenvalue weighted by Gasteiger charge is -2.38. The predicted molar refractivity (Wildman–Crippen MR) is 141 cm³/mol. The first-order chi connectivity index (χ1) is 18.5. The van der Waals surface area contributed by atoms with E-state index >= 15 is 4.39 Å². The molecule has 0 bridgehead atoms. The van der Waals surface area contributed by atoms with E-state index in [4.69, 9.17) is 4.74 Å². The van der Waals surface area contributed by atoms with E-state index in [1.54, 1.807) is 4.90 Å². The second-order valence-electron chi connectivity index (χ2n) is 12.4. The minimum Gasteiger partial charge on any atom is -0.444 e. The molecule has 4 aliphatic rings. The Bertz CT molecular complexity index is 1150. The molecule has 3 fully saturated rings. The molecule has 3 saturated heterocycles. The van der Waals surface area contributed by atoms with Gasteiger partial charge in [0.25, 0.3) is 5.91 Å². The maximum absolute atomic E-state index is 15.2. The maximum Gasteiger partial charge on any atom is 0.410 e. The molecule has 5 rings (SSSR count). The van der Waals surface area contributed by atoms with Gasteiger partial charge in [-0.3, -0.25) is 19.7 Å². The van der Waals surface area contributed by atoms with Gasteiger partial charge >= 0.3 is 6.09 Å². The van der Waals surface area contributed by atoms with Gasteiger partial charge in [-0.25, -0.2) is 9.18 Å². The summed E-state index contributed by atoms with van der Waals surface area (Å²) in [4.78, 5) is 54.8. The molecule has 1 atom stereocenters. The first kappa shape index (κ1) is 27.6. The van der Waals surface area contributed by atoms with Crippen molar-refractivity contribution in [2.75, 3.05) is 32.7 Å². The van der Waals surface area contributed by atoms with Gasteiger partial charge in [-0.1, -0.05) is 6.07 Å². The second-order valence-corrected chi connectivity index (χ2v) is 12.4. The smallest absolute Gasteiger partial charge is 0.410 e. The van der Waals surface area contributed by atoms with Crippen molar-refractivity contribution in [2.45, 2.75) is 83.4 Å². The van der Waals surface area contributed by atoms with Gasteiger partial charge in [0.1, 0.15) is 17.5 Å². The zero-order valence-electron chi connectivity index (χ0n) is 23.1. The lowest BCUT2D eigenvalue weighted by Crippen LogP contribution is -2.52. The number of imide groups is 1. The summed E-state index contributed by atoms with van der Waals surface area (Å²) in [5, 5.41) is 2.30. The van der Waals surface area contributed by atoms with Gasteiger partial charge in [0.2, 0.25) is 11.8 Å². The molecule has 1 unspecified atom stereocenters. The first-order valence-corrected chi connectivity index (χ1v) is 14.2. The van der Waals surface area contributed by atoms with Crippen molar-refractivity contribution in [3.63, 3.8) is 0 Å². The van der Waals surface area contributed by atoms with E-state index in [1.807, 2.05) is 26.8 Å². The quantitative estimate of drug-likeness (QED) is 0.586. The molecule has 39 heavy (non-hydrogen) atoms. The highest BCUT2D eigenvalue weighted by atomic mass is 19.1. The first-order valence-electron chi connectivity index (χ1n) is 14.2. The van der Waals surface area contributed by atoms with E-state index in [9.17, 15) is 19.2 Å². The van der Waals surface area contributed by atoms with Crippen LogP contribution in [0.1, 0.15) is 86.7 Å². The molecular weight excluding hydrogens is 503 g/mol. The fourth-order valence-electron chi connectivity index (χ4n) is 6.34. The average Bonchev–Trinajstić information content (AvgIpc) is 3.18. The number of hydrogen-bond donors (Lipinski definition) is 1. The molecule has 4 aliphatic heterocycles. The van der Waals surface area contributed by atoms with Crippen LogP contribution in [0.15, 0.2) is 12.1 Å². The fourth-order valence-corrected chi connectivity index (χ4v) is 6.34. The summed E-state index contributed by atoms with van der Waals surface area (Å²) in [6, 6.07) is 2.46. The maximum atomic E-state index is 15.2. The number of rotatable bonds is 4. The summed E-state index contributed by atoms with van der Waals surface area (Å²) in [6.07, 6.45) is 3.84. The summed E-state index contributed by atoms with van der Waals surface area (Å²) in [5.74, 6) is -0.887. The lowest BCUT2D eigenvalue weighted by molar-refractivity contribution is -0.136. The number of nitrogens with zero attached hydrogens (tertiary/aromatic N) is 3.